The first kappa shape index (κ1) is 24.2. The highest BCUT2D eigenvalue weighted by atomic mass is 16.6. The molecule has 0 atom stereocenters. The fourth-order valence-corrected chi connectivity index (χ4v) is 3.72. The molecule has 3 aromatic rings. The standard InChI is InChI=1S/C27H29N5O3/c1-27(2,3)35-26(34)24-10-11-25(30-29-24)32-14-12-31(13-15-32)19-22-7-5-4-6-21(22)9-8-20-16-23(33)18-28-17-20/h4-7,10-11,16-18,33H,12-15,19H2,1-3H3. The van der Waals surface area contributed by atoms with Crippen molar-refractivity contribution in [2.75, 3.05) is 31.1 Å². The molecular formula is C27H29N5O3. The topological polar surface area (TPSA) is 91.7 Å². The highest BCUT2D eigenvalue weighted by molar-refractivity contribution is 5.87. The quantitative estimate of drug-likeness (QED) is 0.458. The summed E-state index contributed by atoms with van der Waals surface area (Å²) in [6.45, 7) is 9.62. The summed E-state index contributed by atoms with van der Waals surface area (Å²) in [5.41, 5.74) is 2.43. The summed E-state index contributed by atoms with van der Waals surface area (Å²) < 4.78 is 5.35. The van der Waals surface area contributed by atoms with Crippen molar-refractivity contribution in [3.63, 3.8) is 0 Å². The van der Waals surface area contributed by atoms with E-state index in [1.165, 1.54) is 6.20 Å². The third-order valence-corrected chi connectivity index (χ3v) is 5.43. The fourth-order valence-electron chi connectivity index (χ4n) is 3.72. The number of hydrogen-bond donors (Lipinski definition) is 1. The predicted molar refractivity (Wildman–Crippen MR) is 133 cm³/mol. The van der Waals surface area contributed by atoms with Crippen LogP contribution in [0, 0.1) is 11.8 Å². The normalized spacial score (nSPS) is 14.2. The molecule has 1 saturated heterocycles. The number of esters is 1. The molecule has 35 heavy (non-hydrogen) atoms. The van der Waals surface area contributed by atoms with Gasteiger partial charge in [-0.1, -0.05) is 30.0 Å². The molecule has 8 nitrogen and oxygen atoms in total. The molecule has 0 bridgehead atoms. The second-order valence-corrected chi connectivity index (χ2v) is 9.38. The van der Waals surface area contributed by atoms with Crippen molar-refractivity contribution in [1.82, 2.24) is 20.1 Å². The number of carbonyl (C=O) groups excluding carboxylic acids is 1. The molecule has 4 rings (SSSR count). The van der Waals surface area contributed by atoms with Crippen LogP contribution in [-0.4, -0.2) is 62.9 Å². The van der Waals surface area contributed by atoms with Gasteiger partial charge >= 0.3 is 5.97 Å². The first-order valence-corrected chi connectivity index (χ1v) is 11.6. The monoisotopic (exact) mass is 471 g/mol. The van der Waals surface area contributed by atoms with Crippen molar-refractivity contribution in [3.8, 4) is 17.6 Å². The van der Waals surface area contributed by atoms with Crippen LogP contribution in [0.2, 0.25) is 0 Å². The van der Waals surface area contributed by atoms with Crippen molar-refractivity contribution in [2.24, 2.45) is 0 Å². The third-order valence-electron chi connectivity index (χ3n) is 5.43. The number of aromatic nitrogens is 3. The first-order chi connectivity index (χ1) is 16.8. The second kappa shape index (κ2) is 10.5. The highest BCUT2D eigenvalue weighted by Gasteiger charge is 2.22. The zero-order valence-corrected chi connectivity index (χ0v) is 20.2. The van der Waals surface area contributed by atoms with Crippen molar-refractivity contribution < 1.29 is 14.6 Å². The Morgan fingerprint density at radius 3 is 2.49 bits per heavy atom. The maximum Gasteiger partial charge on any atom is 0.359 e. The van der Waals surface area contributed by atoms with Crippen molar-refractivity contribution in [1.29, 1.82) is 0 Å². The lowest BCUT2D eigenvalue weighted by atomic mass is 10.1. The lowest BCUT2D eigenvalue weighted by Gasteiger charge is -2.35. The van der Waals surface area contributed by atoms with Gasteiger partial charge in [0.15, 0.2) is 11.5 Å². The number of benzene rings is 1. The summed E-state index contributed by atoms with van der Waals surface area (Å²) in [6, 6.07) is 13.2. The van der Waals surface area contributed by atoms with Gasteiger partial charge in [-0.2, -0.15) is 0 Å². The molecule has 180 valence electrons. The summed E-state index contributed by atoms with van der Waals surface area (Å²) >= 11 is 0. The summed E-state index contributed by atoms with van der Waals surface area (Å²) in [6.07, 6.45) is 3.03. The zero-order chi connectivity index (χ0) is 24.8. The predicted octanol–water partition coefficient (Wildman–Crippen LogP) is 3.25. The Labute approximate surface area is 205 Å². The van der Waals surface area contributed by atoms with E-state index in [1.807, 2.05) is 45.0 Å². The molecule has 1 aliphatic rings. The molecule has 3 heterocycles. The Morgan fingerprint density at radius 2 is 1.80 bits per heavy atom. The smallest absolute Gasteiger partial charge is 0.359 e. The molecule has 0 aliphatic carbocycles. The second-order valence-electron chi connectivity index (χ2n) is 9.38. The number of rotatable bonds is 4. The molecule has 1 fully saturated rings. The van der Waals surface area contributed by atoms with Crippen molar-refractivity contribution in [2.45, 2.75) is 32.9 Å². The number of piperazine rings is 1. The number of aromatic hydroxyl groups is 1. The molecule has 0 unspecified atom stereocenters. The summed E-state index contributed by atoms with van der Waals surface area (Å²) in [5.74, 6) is 6.69. The van der Waals surface area contributed by atoms with Crippen LogP contribution in [0.25, 0.3) is 0 Å². The van der Waals surface area contributed by atoms with Gasteiger partial charge in [-0.25, -0.2) is 4.79 Å². The minimum atomic E-state index is -0.570. The van der Waals surface area contributed by atoms with Gasteiger partial charge in [-0.15, -0.1) is 10.2 Å². The van der Waals surface area contributed by atoms with Crippen molar-refractivity contribution >= 4 is 11.8 Å². The molecule has 0 spiro atoms. The minimum absolute atomic E-state index is 0.104. The Morgan fingerprint density at radius 1 is 1.03 bits per heavy atom. The molecular weight excluding hydrogens is 442 g/mol. The van der Waals surface area contributed by atoms with Crippen LogP contribution in [0.15, 0.2) is 54.9 Å². The number of ether oxygens (including phenoxy) is 1. The van der Waals surface area contributed by atoms with Crippen LogP contribution >= 0.6 is 0 Å². The van der Waals surface area contributed by atoms with Gasteiger partial charge in [0.1, 0.15) is 11.4 Å². The zero-order valence-electron chi connectivity index (χ0n) is 20.2. The van der Waals surface area contributed by atoms with E-state index in [4.69, 9.17) is 4.74 Å². The van der Waals surface area contributed by atoms with E-state index >= 15 is 0 Å². The van der Waals surface area contributed by atoms with E-state index in [2.05, 4.69) is 42.9 Å². The molecule has 1 aliphatic heterocycles. The van der Waals surface area contributed by atoms with E-state index in [-0.39, 0.29) is 11.4 Å². The van der Waals surface area contributed by atoms with E-state index in [1.54, 1.807) is 18.3 Å². The number of hydrogen-bond acceptors (Lipinski definition) is 8. The first-order valence-electron chi connectivity index (χ1n) is 11.6. The lowest BCUT2D eigenvalue weighted by Crippen LogP contribution is -2.46. The van der Waals surface area contributed by atoms with Crippen LogP contribution in [0.1, 0.15) is 48.0 Å². The molecule has 0 radical (unpaired) electrons. The number of nitrogens with zero attached hydrogens (tertiary/aromatic N) is 5. The maximum absolute atomic E-state index is 12.2. The minimum Gasteiger partial charge on any atom is -0.506 e. The number of pyridine rings is 1. The van der Waals surface area contributed by atoms with E-state index in [9.17, 15) is 9.90 Å². The van der Waals surface area contributed by atoms with E-state index in [0.29, 0.717) is 5.56 Å². The summed E-state index contributed by atoms with van der Waals surface area (Å²) in [4.78, 5) is 20.7. The average molecular weight is 472 g/mol. The van der Waals surface area contributed by atoms with Gasteiger partial charge < -0.3 is 14.7 Å². The Bertz CT molecular complexity index is 1230. The molecule has 0 saturated carbocycles. The molecule has 1 N–H and O–H groups in total. The van der Waals surface area contributed by atoms with Crippen molar-refractivity contribution in [3.05, 3.63) is 77.2 Å². The van der Waals surface area contributed by atoms with Crippen LogP contribution in [0.4, 0.5) is 5.82 Å². The summed E-state index contributed by atoms with van der Waals surface area (Å²) in [5, 5.41) is 17.9. The van der Waals surface area contributed by atoms with Gasteiger partial charge in [-0.3, -0.25) is 9.88 Å². The Kier molecular flexibility index (Phi) is 7.28. The molecule has 8 heteroatoms. The van der Waals surface area contributed by atoms with Crippen LogP contribution < -0.4 is 4.90 Å². The van der Waals surface area contributed by atoms with Crippen LogP contribution in [-0.2, 0) is 11.3 Å². The Balaban J connectivity index is 1.35. The Hall–Kier alpha value is -3.96. The number of anilines is 1. The third kappa shape index (κ3) is 6.78. The van der Waals surface area contributed by atoms with Crippen LogP contribution in [0.5, 0.6) is 5.75 Å². The maximum atomic E-state index is 12.2. The van der Waals surface area contributed by atoms with E-state index < -0.39 is 11.6 Å². The van der Waals surface area contributed by atoms with Crippen LogP contribution in [0.3, 0.4) is 0 Å². The SMILES string of the molecule is CC(C)(C)OC(=O)c1ccc(N2CCN(Cc3ccccc3C#Cc3cncc(O)c3)CC2)nn1. The molecule has 1 aromatic carbocycles. The highest BCUT2D eigenvalue weighted by Crippen LogP contribution is 2.18. The average Bonchev–Trinajstić information content (AvgIpc) is 2.83. The van der Waals surface area contributed by atoms with Gasteiger partial charge in [0, 0.05) is 50.0 Å². The lowest BCUT2D eigenvalue weighted by molar-refractivity contribution is 0.00616. The van der Waals surface area contributed by atoms with Gasteiger partial charge in [0.2, 0.25) is 0 Å². The van der Waals surface area contributed by atoms with Gasteiger partial charge in [0.25, 0.3) is 0 Å². The molecule has 2 aromatic heterocycles. The van der Waals surface area contributed by atoms with Gasteiger partial charge in [-0.05, 0) is 50.6 Å². The largest absolute Gasteiger partial charge is 0.506 e. The molecule has 0 amide bonds. The summed E-state index contributed by atoms with van der Waals surface area (Å²) in [7, 11) is 0. The fraction of sp³-hybridized carbons (Fsp3) is 0.333. The van der Waals surface area contributed by atoms with Gasteiger partial charge in [0.05, 0.1) is 6.20 Å². The number of carbonyl (C=O) groups is 1. The van der Waals surface area contributed by atoms with E-state index in [0.717, 1.165) is 49.7 Å².